The normalized spacial score (nSPS) is 22.1. The van der Waals surface area contributed by atoms with E-state index in [9.17, 15) is 23.1 Å². The maximum absolute atomic E-state index is 13.2. The highest BCUT2D eigenvalue weighted by molar-refractivity contribution is 5.96. The molecule has 2 heterocycles. The smallest absolute Gasteiger partial charge is 0.438 e. The quantitative estimate of drug-likeness (QED) is 0.927. The fourth-order valence-corrected chi connectivity index (χ4v) is 2.23. The van der Waals surface area contributed by atoms with Gasteiger partial charge in [0, 0.05) is 12.1 Å². The van der Waals surface area contributed by atoms with Gasteiger partial charge in [-0.15, -0.1) is 0 Å². The zero-order chi connectivity index (χ0) is 16.5. The summed E-state index contributed by atoms with van der Waals surface area (Å²) in [7, 11) is 0. The molecular weight excluding hydrogens is 301 g/mol. The van der Waals surface area contributed by atoms with Gasteiger partial charge >= 0.3 is 12.1 Å². The van der Waals surface area contributed by atoms with Crippen molar-refractivity contribution in [3.8, 4) is 0 Å². The lowest BCUT2D eigenvalue weighted by atomic mass is 10.0. The van der Waals surface area contributed by atoms with Crippen LogP contribution in [0.25, 0.3) is 0 Å². The number of alkyl halides is 3. The van der Waals surface area contributed by atoms with E-state index in [4.69, 9.17) is 4.42 Å². The molecule has 1 atom stereocenters. The average Bonchev–Trinajstić information content (AvgIpc) is 3.00. The topological polar surface area (TPSA) is 66.0 Å². The number of aryl methyl sites for hydroxylation is 1. The first kappa shape index (κ1) is 16.5. The van der Waals surface area contributed by atoms with E-state index in [1.165, 1.54) is 12.1 Å². The third kappa shape index (κ3) is 2.87. The van der Waals surface area contributed by atoms with Crippen molar-refractivity contribution >= 4 is 11.6 Å². The maximum Gasteiger partial charge on any atom is 0.438 e. The highest BCUT2D eigenvalue weighted by Gasteiger charge is 2.63. The Labute approximate surface area is 125 Å². The number of halogens is 3. The Hall–Kier alpha value is -1.83. The minimum Gasteiger partial charge on any atom is -0.456 e. The van der Waals surface area contributed by atoms with Gasteiger partial charge in [-0.25, -0.2) is 0 Å². The van der Waals surface area contributed by atoms with Crippen molar-refractivity contribution in [1.29, 1.82) is 0 Å². The second-order valence-corrected chi connectivity index (χ2v) is 5.29. The first-order valence-electron chi connectivity index (χ1n) is 6.95. The summed E-state index contributed by atoms with van der Waals surface area (Å²) in [6.45, 7) is 3.45. The molecule has 0 aromatic carbocycles. The van der Waals surface area contributed by atoms with E-state index in [1.54, 1.807) is 6.92 Å². The van der Waals surface area contributed by atoms with Gasteiger partial charge in [-0.1, -0.05) is 13.3 Å². The number of hydrogen-bond donors (Lipinski definition) is 1. The van der Waals surface area contributed by atoms with E-state index in [2.05, 4.69) is 5.10 Å². The van der Waals surface area contributed by atoms with Crippen LogP contribution in [0.1, 0.15) is 48.9 Å². The second-order valence-electron chi connectivity index (χ2n) is 5.29. The third-order valence-electron chi connectivity index (χ3n) is 3.46. The van der Waals surface area contributed by atoms with Crippen LogP contribution in [0.3, 0.4) is 0 Å². The van der Waals surface area contributed by atoms with Crippen molar-refractivity contribution in [2.45, 2.75) is 51.4 Å². The van der Waals surface area contributed by atoms with E-state index in [0.717, 1.165) is 6.42 Å². The molecule has 1 amide bonds. The monoisotopic (exact) mass is 318 g/mol. The lowest BCUT2D eigenvalue weighted by molar-refractivity contribution is -0.297. The molecule has 1 aromatic rings. The van der Waals surface area contributed by atoms with Crippen LogP contribution in [0, 0.1) is 6.92 Å². The molecular formula is C14H17F3N2O3. The summed E-state index contributed by atoms with van der Waals surface area (Å²) in [5.41, 5.74) is -3.17. The molecule has 0 bridgehead atoms. The molecule has 8 heteroatoms. The molecule has 1 aliphatic rings. The summed E-state index contributed by atoms with van der Waals surface area (Å²) in [5, 5.41) is 13.8. The second kappa shape index (κ2) is 5.75. The van der Waals surface area contributed by atoms with Crippen molar-refractivity contribution in [3.05, 3.63) is 23.7 Å². The Bertz CT molecular complexity index is 594. The van der Waals surface area contributed by atoms with Gasteiger partial charge in [0.2, 0.25) is 0 Å². The van der Waals surface area contributed by atoms with Crippen molar-refractivity contribution < 1.29 is 27.5 Å². The summed E-state index contributed by atoms with van der Waals surface area (Å²) in [6, 6.07) is 2.71. The molecule has 0 radical (unpaired) electrons. The fraction of sp³-hybridized carbons (Fsp3) is 0.571. The SMILES string of the molecule is CCCCC1=NN(C(=O)c2ccc(C)o2)[C@](O)(C(F)(F)F)C1. The first-order valence-corrected chi connectivity index (χ1v) is 6.95. The lowest BCUT2D eigenvalue weighted by Crippen LogP contribution is -2.56. The van der Waals surface area contributed by atoms with E-state index in [1.807, 2.05) is 6.92 Å². The van der Waals surface area contributed by atoms with Gasteiger partial charge in [0.1, 0.15) is 5.76 Å². The van der Waals surface area contributed by atoms with Gasteiger partial charge in [-0.2, -0.15) is 23.3 Å². The minimum absolute atomic E-state index is 0.0935. The molecule has 1 aliphatic heterocycles. The number of aliphatic hydroxyl groups is 1. The fourth-order valence-electron chi connectivity index (χ4n) is 2.23. The van der Waals surface area contributed by atoms with Crippen molar-refractivity contribution in [1.82, 2.24) is 5.01 Å². The van der Waals surface area contributed by atoms with E-state index in [-0.39, 0.29) is 16.5 Å². The van der Waals surface area contributed by atoms with E-state index < -0.39 is 24.2 Å². The number of amides is 1. The number of hydrazone groups is 1. The van der Waals surface area contributed by atoms with Crippen LogP contribution in [0.15, 0.2) is 21.7 Å². The van der Waals surface area contributed by atoms with Gasteiger partial charge in [-0.3, -0.25) is 4.79 Å². The van der Waals surface area contributed by atoms with Gasteiger partial charge in [0.15, 0.2) is 5.76 Å². The molecule has 0 spiro atoms. The Morgan fingerprint density at radius 2 is 2.18 bits per heavy atom. The highest BCUT2D eigenvalue weighted by Crippen LogP contribution is 2.41. The van der Waals surface area contributed by atoms with Crippen LogP contribution >= 0.6 is 0 Å². The molecule has 0 fully saturated rings. The Kier molecular flexibility index (Phi) is 4.32. The Morgan fingerprint density at radius 3 is 2.68 bits per heavy atom. The molecule has 0 unspecified atom stereocenters. The zero-order valence-corrected chi connectivity index (χ0v) is 12.3. The molecule has 2 rings (SSSR count). The van der Waals surface area contributed by atoms with Crippen LogP contribution in [0.4, 0.5) is 13.2 Å². The minimum atomic E-state index is -5.01. The Balaban J connectivity index is 2.34. The van der Waals surface area contributed by atoms with Crippen molar-refractivity contribution in [2.75, 3.05) is 0 Å². The largest absolute Gasteiger partial charge is 0.456 e. The Morgan fingerprint density at radius 1 is 1.50 bits per heavy atom. The summed E-state index contributed by atoms with van der Waals surface area (Å²) in [6.07, 6.45) is -4.04. The summed E-state index contributed by atoms with van der Waals surface area (Å²) >= 11 is 0. The van der Waals surface area contributed by atoms with Gasteiger partial charge in [-0.05, 0) is 31.9 Å². The third-order valence-corrected chi connectivity index (χ3v) is 3.46. The maximum atomic E-state index is 13.2. The molecule has 22 heavy (non-hydrogen) atoms. The van der Waals surface area contributed by atoms with Crippen LogP contribution in [-0.2, 0) is 0 Å². The van der Waals surface area contributed by atoms with E-state index >= 15 is 0 Å². The molecule has 5 nitrogen and oxygen atoms in total. The van der Waals surface area contributed by atoms with Gasteiger partial charge in [0.05, 0.1) is 0 Å². The van der Waals surface area contributed by atoms with Gasteiger partial charge < -0.3 is 9.52 Å². The van der Waals surface area contributed by atoms with Crippen molar-refractivity contribution in [2.24, 2.45) is 5.10 Å². The number of furan rings is 1. The van der Waals surface area contributed by atoms with Crippen molar-refractivity contribution in [3.63, 3.8) is 0 Å². The van der Waals surface area contributed by atoms with Crippen LogP contribution in [0.2, 0.25) is 0 Å². The molecule has 1 aromatic heterocycles. The molecule has 0 aliphatic carbocycles. The predicted octanol–water partition coefficient (Wildman–Crippen LogP) is 3.23. The van der Waals surface area contributed by atoms with Gasteiger partial charge in [0.25, 0.3) is 5.72 Å². The van der Waals surface area contributed by atoms with Crippen LogP contribution < -0.4 is 0 Å². The number of hydrogen-bond acceptors (Lipinski definition) is 4. The van der Waals surface area contributed by atoms with Crippen LogP contribution in [0.5, 0.6) is 0 Å². The van der Waals surface area contributed by atoms with Crippen LogP contribution in [-0.4, -0.2) is 33.6 Å². The highest BCUT2D eigenvalue weighted by atomic mass is 19.4. The van der Waals surface area contributed by atoms with E-state index in [0.29, 0.717) is 18.6 Å². The average molecular weight is 318 g/mol. The number of unbranched alkanes of at least 4 members (excludes halogenated alkanes) is 1. The standard InChI is InChI=1S/C14H17F3N2O3/c1-3-4-5-10-8-13(21,14(15,16)17)19(18-10)12(20)11-7-6-9(2)22-11/h6-7,21H,3-5,8H2,1-2H3/t13-/m1/s1. The first-order chi connectivity index (χ1) is 10.2. The number of carbonyl (C=O) groups is 1. The zero-order valence-electron chi connectivity index (χ0n) is 12.3. The molecule has 0 saturated heterocycles. The molecule has 122 valence electrons. The molecule has 0 saturated carbocycles. The molecule has 1 N–H and O–H groups in total. The number of nitrogens with zero attached hydrogens (tertiary/aromatic N) is 2. The predicted molar refractivity (Wildman–Crippen MR) is 72.2 cm³/mol. The lowest BCUT2D eigenvalue weighted by Gasteiger charge is -2.32. The number of carbonyl (C=O) groups excluding carboxylic acids is 1. The summed E-state index contributed by atoms with van der Waals surface area (Å²) in [5.74, 6) is -1.02. The summed E-state index contributed by atoms with van der Waals surface area (Å²) in [4.78, 5) is 12.2. The summed E-state index contributed by atoms with van der Waals surface area (Å²) < 4.78 is 44.7. The number of rotatable bonds is 4.